The van der Waals surface area contributed by atoms with Gasteiger partial charge < -0.3 is 4.90 Å². The molecule has 0 aliphatic carbocycles. The molecule has 0 spiro atoms. The van der Waals surface area contributed by atoms with E-state index in [1.54, 1.807) is 0 Å². The van der Waals surface area contributed by atoms with E-state index >= 15 is 0 Å². The van der Waals surface area contributed by atoms with Crippen molar-refractivity contribution in [3.63, 3.8) is 0 Å². The van der Waals surface area contributed by atoms with Gasteiger partial charge in [0.1, 0.15) is 5.82 Å². The molecule has 0 saturated carbocycles. The van der Waals surface area contributed by atoms with Gasteiger partial charge >= 0.3 is 5.69 Å². The number of aryl methyl sites for hydroxylation is 1. The molecular weight excluding hydrogens is 208 g/mol. The van der Waals surface area contributed by atoms with Crippen LogP contribution in [0.4, 0.5) is 5.69 Å². The van der Waals surface area contributed by atoms with Crippen LogP contribution in [-0.4, -0.2) is 31.9 Å². The molecule has 2 aromatic rings. The minimum absolute atomic E-state index is 0.264. The maximum absolute atomic E-state index is 10.9. The summed E-state index contributed by atoms with van der Waals surface area (Å²) in [4.78, 5) is 15.7. The first-order chi connectivity index (χ1) is 7.83. The largest absolute Gasteiger partial charge is 0.361 e. The second-order valence-corrected chi connectivity index (χ2v) is 3.88. The van der Waals surface area contributed by atoms with Crippen LogP contribution >= 0.6 is 0 Å². The van der Waals surface area contributed by atoms with Crippen LogP contribution in [0, 0.1) is 0 Å². The smallest absolute Gasteiger partial charge is 0.340 e. The number of fused-ring (bicyclic) bond motifs is 1. The number of hydrogen-bond acceptors (Lipinski definition) is 4. The quantitative estimate of drug-likeness (QED) is 0.652. The monoisotopic (exact) mass is 220 g/mol. The van der Waals surface area contributed by atoms with E-state index in [1.807, 2.05) is 6.20 Å². The molecule has 0 unspecified atom stereocenters. The molecule has 0 aromatic carbocycles. The summed E-state index contributed by atoms with van der Waals surface area (Å²) in [7, 11) is 0. The second kappa shape index (κ2) is 3.51. The van der Waals surface area contributed by atoms with E-state index in [9.17, 15) is 4.79 Å². The van der Waals surface area contributed by atoms with Crippen LogP contribution in [0.2, 0.25) is 0 Å². The van der Waals surface area contributed by atoms with E-state index < -0.39 is 0 Å². The average Bonchev–Trinajstić information content (AvgIpc) is 2.87. The summed E-state index contributed by atoms with van der Waals surface area (Å²) in [6.45, 7) is 1.56. The van der Waals surface area contributed by atoms with Gasteiger partial charge in [-0.1, -0.05) is 0 Å². The topological polar surface area (TPSA) is 93.5 Å². The molecule has 0 amide bonds. The Bertz CT molecular complexity index is 538. The van der Waals surface area contributed by atoms with Crippen molar-refractivity contribution < 1.29 is 0 Å². The molecule has 0 atom stereocenters. The van der Waals surface area contributed by atoms with E-state index in [4.69, 9.17) is 0 Å². The zero-order valence-corrected chi connectivity index (χ0v) is 8.66. The van der Waals surface area contributed by atoms with Crippen molar-refractivity contribution >= 4 is 5.69 Å². The third-order valence-electron chi connectivity index (χ3n) is 2.78. The number of H-pyrrole nitrogens is 3. The molecular formula is C9H12N6O. The summed E-state index contributed by atoms with van der Waals surface area (Å²) in [6.07, 6.45) is 3.94. The Balaban J connectivity index is 1.85. The maximum atomic E-state index is 10.9. The lowest BCUT2D eigenvalue weighted by atomic mass is 10.1. The minimum Gasteiger partial charge on any atom is -0.361 e. The highest BCUT2D eigenvalue weighted by Gasteiger charge is 2.19. The van der Waals surface area contributed by atoms with Crippen molar-refractivity contribution in [2.75, 3.05) is 11.4 Å². The molecule has 3 N–H and O–H groups in total. The van der Waals surface area contributed by atoms with E-state index in [-0.39, 0.29) is 5.69 Å². The van der Waals surface area contributed by atoms with Crippen molar-refractivity contribution in [1.82, 2.24) is 25.4 Å². The number of aromatic amines is 3. The highest BCUT2D eigenvalue weighted by atomic mass is 16.1. The maximum Gasteiger partial charge on any atom is 0.340 e. The summed E-state index contributed by atoms with van der Waals surface area (Å²) in [5, 5.41) is 13.3. The van der Waals surface area contributed by atoms with Crippen LogP contribution in [0.1, 0.15) is 17.9 Å². The van der Waals surface area contributed by atoms with E-state index in [1.165, 1.54) is 0 Å². The van der Waals surface area contributed by atoms with Crippen LogP contribution in [0.15, 0.2) is 11.0 Å². The Morgan fingerprint density at radius 3 is 3.19 bits per heavy atom. The van der Waals surface area contributed by atoms with Gasteiger partial charge in [-0.25, -0.2) is 9.89 Å². The molecule has 0 radical (unpaired) electrons. The predicted molar refractivity (Wildman–Crippen MR) is 57.2 cm³/mol. The lowest BCUT2D eigenvalue weighted by Gasteiger charge is -2.27. The SMILES string of the molecule is O=c1[nH]nc(CN2CCCc3[nH]ncc32)[nH]1. The molecule has 7 nitrogen and oxygen atoms in total. The van der Waals surface area contributed by atoms with Crippen LogP contribution in [0.3, 0.4) is 0 Å². The van der Waals surface area contributed by atoms with E-state index in [0.29, 0.717) is 12.4 Å². The Labute approximate surface area is 90.9 Å². The molecule has 84 valence electrons. The van der Waals surface area contributed by atoms with Crippen molar-refractivity contribution in [2.24, 2.45) is 0 Å². The fraction of sp³-hybridized carbons (Fsp3) is 0.444. The Morgan fingerprint density at radius 2 is 2.38 bits per heavy atom. The van der Waals surface area contributed by atoms with Gasteiger partial charge in [0, 0.05) is 6.54 Å². The number of nitrogens with one attached hydrogen (secondary N) is 3. The molecule has 0 fully saturated rings. The lowest BCUT2D eigenvalue weighted by Crippen LogP contribution is -2.28. The first-order valence-corrected chi connectivity index (χ1v) is 5.23. The average molecular weight is 220 g/mol. The van der Waals surface area contributed by atoms with Gasteiger partial charge in [0.15, 0.2) is 0 Å². The molecule has 2 aromatic heterocycles. The number of rotatable bonds is 2. The third-order valence-corrected chi connectivity index (χ3v) is 2.78. The lowest BCUT2D eigenvalue weighted by molar-refractivity contribution is 0.668. The molecule has 1 aliphatic rings. The molecule has 1 aliphatic heterocycles. The van der Waals surface area contributed by atoms with Crippen LogP contribution < -0.4 is 10.6 Å². The Morgan fingerprint density at radius 1 is 1.44 bits per heavy atom. The van der Waals surface area contributed by atoms with E-state index in [0.717, 1.165) is 30.8 Å². The van der Waals surface area contributed by atoms with Crippen LogP contribution in [0.5, 0.6) is 0 Å². The standard InChI is InChI=1S/C9H12N6O/c16-9-11-8(13-14-9)5-15-3-1-2-6-7(15)4-10-12-6/h4H,1-3,5H2,(H,10,12)(H2,11,13,14,16). The first-order valence-electron chi connectivity index (χ1n) is 5.23. The summed E-state index contributed by atoms with van der Waals surface area (Å²) in [5.41, 5.74) is 2.00. The van der Waals surface area contributed by atoms with Crippen molar-refractivity contribution in [1.29, 1.82) is 0 Å². The van der Waals surface area contributed by atoms with Gasteiger partial charge in [0.05, 0.1) is 24.1 Å². The zero-order valence-electron chi connectivity index (χ0n) is 8.66. The van der Waals surface area contributed by atoms with Gasteiger partial charge in [-0.3, -0.25) is 10.1 Å². The van der Waals surface area contributed by atoms with Crippen molar-refractivity contribution in [3.8, 4) is 0 Å². The molecule has 3 heterocycles. The highest BCUT2D eigenvalue weighted by Crippen LogP contribution is 2.25. The van der Waals surface area contributed by atoms with Gasteiger partial charge in [-0.2, -0.15) is 10.2 Å². The van der Waals surface area contributed by atoms with Gasteiger partial charge in [-0.15, -0.1) is 0 Å². The predicted octanol–water partition coefficient (Wildman–Crippen LogP) is -0.226. The fourth-order valence-electron chi connectivity index (χ4n) is 2.06. The van der Waals surface area contributed by atoms with Gasteiger partial charge in [0.2, 0.25) is 0 Å². The molecule has 3 rings (SSSR count). The van der Waals surface area contributed by atoms with Gasteiger partial charge in [0.25, 0.3) is 0 Å². The second-order valence-electron chi connectivity index (χ2n) is 3.88. The van der Waals surface area contributed by atoms with Crippen LogP contribution in [0.25, 0.3) is 0 Å². The van der Waals surface area contributed by atoms with Gasteiger partial charge in [-0.05, 0) is 12.8 Å². The Hall–Kier alpha value is -2.05. The Kier molecular flexibility index (Phi) is 2.02. The number of aromatic nitrogens is 5. The summed E-state index contributed by atoms with van der Waals surface area (Å²) >= 11 is 0. The summed E-state index contributed by atoms with van der Waals surface area (Å²) < 4.78 is 0. The summed E-state index contributed by atoms with van der Waals surface area (Å²) in [6, 6.07) is 0. The molecule has 0 bridgehead atoms. The molecule has 16 heavy (non-hydrogen) atoms. The zero-order chi connectivity index (χ0) is 11.0. The van der Waals surface area contributed by atoms with Crippen LogP contribution in [-0.2, 0) is 13.0 Å². The van der Waals surface area contributed by atoms with Crippen molar-refractivity contribution in [2.45, 2.75) is 19.4 Å². The normalized spacial score (nSPS) is 15.1. The third kappa shape index (κ3) is 1.50. The highest BCUT2D eigenvalue weighted by molar-refractivity contribution is 5.50. The van der Waals surface area contributed by atoms with E-state index in [2.05, 4.69) is 30.3 Å². The number of anilines is 1. The fourth-order valence-corrected chi connectivity index (χ4v) is 2.06. The summed E-state index contributed by atoms with van der Waals surface area (Å²) in [5.74, 6) is 0.652. The van der Waals surface area contributed by atoms with Crippen molar-refractivity contribution in [3.05, 3.63) is 28.2 Å². The molecule has 0 saturated heterocycles. The number of hydrogen-bond donors (Lipinski definition) is 3. The molecule has 7 heteroatoms. The number of nitrogens with zero attached hydrogens (tertiary/aromatic N) is 3. The minimum atomic E-state index is -0.264. The first kappa shape index (κ1) is 9.20.